The molecule has 3 aromatic carbocycles. The quantitative estimate of drug-likeness (QED) is 0.484. The van der Waals surface area contributed by atoms with Crippen molar-refractivity contribution < 1.29 is 28.5 Å². The Hall–Kier alpha value is -4.20. The van der Waals surface area contributed by atoms with Crippen molar-refractivity contribution in [3.63, 3.8) is 0 Å². The van der Waals surface area contributed by atoms with Gasteiger partial charge in [0.05, 0.1) is 33.6 Å². The molecule has 1 saturated heterocycles. The number of piperazine rings is 1. The molecule has 1 atom stereocenters. The second kappa shape index (κ2) is 10.4. The SMILES string of the molecule is CCOc1ccc(N2C(=O)CN(c3ccc(OC)cc3OC)C(=O)[C@@H]2c2ccc(OC)cc2)cc1. The molecule has 8 nitrogen and oxygen atoms in total. The first-order valence-corrected chi connectivity index (χ1v) is 11.2. The van der Waals surface area contributed by atoms with Crippen LogP contribution >= 0.6 is 0 Å². The van der Waals surface area contributed by atoms with E-state index in [1.807, 2.05) is 6.92 Å². The summed E-state index contributed by atoms with van der Waals surface area (Å²) in [6.07, 6.45) is 0. The zero-order valence-corrected chi connectivity index (χ0v) is 20.2. The number of anilines is 2. The van der Waals surface area contributed by atoms with Gasteiger partial charge in [-0.05, 0) is 61.0 Å². The van der Waals surface area contributed by atoms with Crippen molar-refractivity contribution >= 4 is 23.2 Å². The predicted octanol–water partition coefficient (Wildman–Crippen LogP) is 4.23. The van der Waals surface area contributed by atoms with E-state index in [0.717, 1.165) is 0 Å². The molecule has 0 spiro atoms. The molecule has 1 heterocycles. The van der Waals surface area contributed by atoms with E-state index in [1.54, 1.807) is 80.9 Å². The Morgan fingerprint density at radius 3 is 2.03 bits per heavy atom. The first-order chi connectivity index (χ1) is 17.0. The van der Waals surface area contributed by atoms with E-state index >= 15 is 0 Å². The lowest BCUT2D eigenvalue weighted by Gasteiger charge is -2.40. The van der Waals surface area contributed by atoms with Gasteiger partial charge in [0, 0.05) is 11.8 Å². The number of benzene rings is 3. The van der Waals surface area contributed by atoms with Gasteiger partial charge in [-0.25, -0.2) is 0 Å². The Morgan fingerprint density at radius 1 is 0.800 bits per heavy atom. The van der Waals surface area contributed by atoms with Gasteiger partial charge in [0.15, 0.2) is 0 Å². The molecule has 1 aliphatic rings. The zero-order valence-electron chi connectivity index (χ0n) is 20.2. The highest BCUT2D eigenvalue weighted by Crippen LogP contribution is 2.39. The molecule has 35 heavy (non-hydrogen) atoms. The highest BCUT2D eigenvalue weighted by Gasteiger charge is 2.42. The van der Waals surface area contributed by atoms with Gasteiger partial charge < -0.3 is 18.9 Å². The Bertz CT molecular complexity index is 1190. The van der Waals surface area contributed by atoms with Crippen molar-refractivity contribution in [1.82, 2.24) is 0 Å². The van der Waals surface area contributed by atoms with E-state index in [0.29, 0.717) is 46.5 Å². The number of amides is 2. The normalized spacial score (nSPS) is 15.7. The number of hydrogen-bond donors (Lipinski definition) is 0. The molecule has 182 valence electrons. The van der Waals surface area contributed by atoms with Crippen LogP contribution in [0, 0.1) is 0 Å². The smallest absolute Gasteiger partial charge is 0.255 e. The Balaban J connectivity index is 1.79. The van der Waals surface area contributed by atoms with E-state index in [-0.39, 0.29) is 18.4 Å². The molecular weight excluding hydrogens is 448 g/mol. The average molecular weight is 477 g/mol. The van der Waals surface area contributed by atoms with Crippen LogP contribution in [0.5, 0.6) is 23.0 Å². The Morgan fingerprint density at radius 2 is 1.43 bits per heavy atom. The first kappa shape index (κ1) is 23.9. The summed E-state index contributed by atoms with van der Waals surface area (Å²) in [6.45, 7) is 2.30. The van der Waals surface area contributed by atoms with Crippen molar-refractivity contribution in [2.75, 3.05) is 44.3 Å². The van der Waals surface area contributed by atoms with E-state index < -0.39 is 6.04 Å². The molecule has 2 amide bonds. The number of rotatable bonds is 8. The van der Waals surface area contributed by atoms with Crippen LogP contribution in [0.3, 0.4) is 0 Å². The van der Waals surface area contributed by atoms with Gasteiger partial charge in [-0.1, -0.05) is 12.1 Å². The summed E-state index contributed by atoms with van der Waals surface area (Å²) in [5.74, 6) is 1.89. The van der Waals surface area contributed by atoms with Crippen LogP contribution in [0.15, 0.2) is 66.7 Å². The van der Waals surface area contributed by atoms with Crippen molar-refractivity contribution in [3.8, 4) is 23.0 Å². The predicted molar refractivity (Wildman–Crippen MR) is 133 cm³/mol. The number of carbonyl (C=O) groups excluding carboxylic acids is 2. The lowest BCUT2D eigenvalue weighted by Crippen LogP contribution is -2.56. The van der Waals surface area contributed by atoms with E-state index in [2.05, 4.69) is 0 Å². The van der Waals surface area contributed by atoms with Crippen LogP contribution in [0.1, 0.15) is 18.5 Å². The molecule has 1 aliphatic heterocycles. The molecule has 0 unspecified atom stereocenters. The van der Waals surface area contributed by atoms with Gasteiger partial charge in [-0.3, -0.25) is 19.4 Å². The summed E-state index contributed by atoms with van der Waals surface area (Å²) in [4.78, 5) is 30.6. The number of ether oxygens (including phenoxy) is 4. The summed E-state index contributed by atoms with van der Waals surface area (Å²) >= 11 is 0. The van der Waals surface area contributed by atoms with Crippen molar-refractivity contribution in [2.24, 2.45) is 0 Å². The molecule has 0 bridgehead atoms. The molecule has 0 aromatic heterocycles. The molecule has 0 aliphatic carbocycles. The van der Waals surface area contributed by atoms with Crippen LogP contribution < -0.4 is 28.7 Å². The number of nitrogens with zero attached hydrogens (tertiary/aromatic N) is 2. The molecule has 0 saturated carbocycles. The maximum Gasteiger partial charge on any atom is 0.255 e. The third kappa shape index (κ3) is 4.73. The molecule has 8 heteroatoms. The highest BCUT2D eigenvalue weighted by molar-refractivity contribution is 6.15. The van der Waals surface area contributed by atoms with Gasteiger partial charge >= 0.3 is 0 Å². The van der Waals surface area contributed by atoms with Crippen LogP contribution in [0.25, 0.3) is 0 Å². The van der Waals surface area contributed by atoms with Crippen LogP contribution in [0.4, 0.5) is 11.4 Å². The fourth-order valence-corrected chi connectivity index (χ4v) is 4.14. The van der Waals surface area contributed by atoms with E-state index in [9.17, 15) is 9.59 Å². The van der Waals surface area contributed by atoms with Gasteiger partial charge in [0.1, 0.15) is 35.6 Å². The first-order valence-electron chi connectivity index (χ1n) is 11.2. The fraction of sp³-hybridized carbons (Fsp3) is 0.259. The number of carbonyl (C=O) groups is 2. The van der Waals surface area contributed by atoms with Crippen molar-refractivity contribution in [2.45, 2.75) is 13.0 Å². The minimum Gasteiger partial charge on any atom is -0.497 e. The van der Waals surface area contributed by atoms with Crippen LogP contribution in [0.2, 0.25) is 0 Å². The second-order valence-corrected chi connectivity index (χ2v) is 7.83. The van der Waals surface area contributed by atoms with Gasteiger partial charge in [0.2, 0.25) is 5.91 Å². The Labute approximate surface area is 204 Å². The lowest BCUT2D eigenvalue weighted by molar-refractivity contribution is -0.128. The Kier molecular flexibility index (Phi) is 7.10. The minimum absolute atomic E-state index is 0.138. The van der Waals surface area contributed by atoms with Crippen molar-refractivity contribution in [3.05, 3.63) is 72.3 Å². The van der Waals surface area contributed by atoms with Gasteiger partial charge in [0.25, 0.3) is 5.91 Å². The molecule has 4 rings (SSSR count). The summed E-state index contributed by atoms with van der Waals surface area (Å²) < 4.78 is 21.6. The maximum atomic E-state index is 14.0. The summed E-state index contributed by atoms with van der Waals surface area (Å²) in [6, 6.07) is 18.6. The minimum atomic E-state index is -0.882. The summed E-state index contributed by atoms with van der Waals surface area (Å²) in [5.41, 5.74) is 1.76. The van der Waals surface area contributed by atoms with E-state index in [4.69, 9.17) is 18.9 Å². The largest absolute Gasteiger partial charge is 0.497 e. The fourth-order valence-electron chi connectivity index (χ4n) is 4.14. The van der Waals surface area contributed by atoms with Crippen molar-refractivity contribution in [1.29, 1.82) is 0 Å². The number of hydrogen-bond acceptors (Lipinski definition) is 6. The highest BCUT2D eigenvalue weighted by atomic mass is 16.5. The standard InChI is InChI=1S/C27H28N2O6/c1-5-35-21-12-8-19(9-13-21)29-25(30)17-28(23-15-14-22(33-3)16-24(23)34-4)27(31)26(29)18-6-10-20(32-2)11-7-18/h6-16,26H,5,17H2,1-4H3/t26-/m0/s1. The second-order valence-electron chi connectivity index (χ2n) is 7.83. The summed E-state index contributed by atoms with van der Waals surface area (Å²) in [7, 11) is 4.65. The molecule has 0 radical (unpaired) electrons. The van der Waals surface area contributed by atoms with Crippen LogP contribution in [-0.2, 0) is 9.59 Å². The van der Waals surface area contributed by atoms with E-state index in [1.165, 1.54) is 16.9 Å². The van der Waals surface area contributed by atoms with Crippen LogP contribution in [-0.4, -0.2) is 46.3 Å². The number of methoxy groups -OCH3 is 3. The topological polar surface area (TPSA) is 77.5 Å². The van der Waals surface area contributed by atoms with Gasteiger partial charge in [-0.15, -0.1) is 0 Å². The lowest BCUT2D eigenvalue weighted by atomic mass is 9.99. The molecular formula is C27H28N2O6. The molecule has 1 fully saturated rings. The maximum absolute atomic E-state index is 14.0. The monoisotopic (exact) mass is 476 g/mol. The average Bonchev–Trinajstić information content (AvgIpc) is 2.90. The summed E-state index contributed by atoms with van der Waals surface area (Å²) in [5, 5.41) is 0. The van der Waals surface area contributed by atoms with Gasteiger partial charge in [-0.2, -0.15) is 0 Å². The molecule has 0 N–H and O–H groups in total. The zero-order chi connectivity index (χ0) is 24.9. The molecule has 3 aromatic rings. The third-order valence-electron chi connectivity index (χ3n) is 5.86. The third-order valence-corrected chi connectivity index (χ3v) is 5.86.